The Bertz CT molecular complexity index is 543. The predicted molar refractivity (Wildman–Crippen MR) is 66.4 cm³/mol. The second kappa shape index (κ2) is 5.40. The highest BCUT2D eigenvalue weighted by atomic mass is 19.1. The molecule has 0 aliphatic heterocycles. The van der Waals surface area contributed by atoms with Crippen LogP contribution in [0.15, 0.2) is 48.7 Å². The maximum Gasteiger partial charge on any atom is 0.258 e. The zero-order valence-corrected chi connectivity index (χ0v) is 10.0. The minimum absolute atomic E-state index is 0.00377. The van der Waals surface area contributed by atoms with E-state index in [1.807, 2.05) is 30.3 Å². The van der Waals surface area contributed by atoms with E-state index in [4.69, 9.17) is 0 Å². The van der Waals surface area contributed by atoms with Gasteiger partial charge in [0.05, 0.1) is 5.56 Å². The van der Waals surface area contributed by atoms with Crippen LogP contribution in [-0.4, -0.2) is 22.8 Å². The molecule has 0 N–H and O–H groups in total. The summed E-state index contributed by atoms with van der Waals surface area (Å²) in [5.74, 6) is -1.10. The highest BCUT2D eigenvalue weighted by Crippen LogP contribution is 2.09. The average molecular weight is 244 g/mol. The van der Waals surface area contributed by atoms with E-state index in [1.165, 1.54) is 17.2 Å². The van der Waals surface area contributed by atoms with E-state index >= 15 is 0 Å². The molecule has 0 fully saturated rings. The van der Waals surface area contributed by atoms with Crippen LogP contribution in [0.2, 0.25) is 0 Å². The van der Waals surface area contributed by atoms with Gasteiger partial charge in [0.15, 0.2) is 0 Å². The fourth-order valence-corrected chi connectivity index (χ4v) is 1.68. The molecular weight excluding hydrogens is 231 g/mol. The molecule has 0 atom stereocenters. The van der Waals surface area contributed by atoms with Gasteiger partial charge in [-0.15, -0.1) is 0 Å². The van der Waals surface area contributed by atoms with E-state index in [2.05, 4.69) is 4.98 Å². The first-order chi connectivity index (χ1) is 8.68. The molecule has 0 spiro atoms. The minimum Gasteiger partial charge on any atom is -0.337 e. The summed E-state index contributed by atoms with van der Waals surface area (Å²) in [6.07, 6.45) is 1.32. The molecule has 0 aliphatic rings. The number of amides is 1. The highest BCUT2D eigenvalue weighted by Gasteiger charge is 2.16. The first kappa shape index (κ1) is 12.2. The number of benzene rings is 1. The molecule has 18 heavy (non-hydrogen) atoms. The maximum atomic E-state index is 13.4. The topological polar surface area (TPSA) is 33.2 Å². The van der Waals surface area contributed by atoms with Crippen molar-refractivity contribution >= 4 is 5.91 Å². The van der Waals surface area contributed by atoms with Crippen LogP contribution in [0.1, 0.15) is 15.9 Å². The van der Waals surface area contributed by atoms with E-state index in [0.29, 0.717) is 6.54 Å². The smallest absolute Gasteiger partial charge is 0.258 e. The molecule has 0 unspecified atom stereocenters. The Morgan fingerprint density at radius 1 is 1.22 bits per heavy atom. The van der Waals surface area contributed by atoms with Crippen molar-refractivity contribution < 1.29 is 9.18 Å². The fraction of sp³-hybridized carbons (Fsp3) is 0.143. The predicted octanol–water partition coefficient (Wildman–Crippen LogP) is 2.49. The van der Waals surface area contributed by atoms with E-state index in [1.54, 1.807) is 13.1 Å². The van der Waals surface area contributed by atoms with E-state index < -0.39 is 5.95 Å². The van der Waals surface area contributed by atoms with Crippen LogP contribution in [0.25, 0.3) is 0 Å². The third-order valence-corrected chi connectivity index (χ3v) is 2.60. The fourth-order valence-electron chi connectivity index (χ4n) is 1.68. The number of carbonyl (C=O) groups is 1. The Morgan fingerprint density at radius 2 is 1.94 bits per heavy atom. The van der Waals surface area contributed by atoms with Crippen molar-refractivity contribution in [1.29, 1.82) is 0 Å². The number of nitrogens with zero attached hydrogens (tertiary/aromatic N) is 2. The van der Waals surface area contributed by atoms with Crippen LogP contribution in [0.5, 0.6) is 0 Å². The second-order valence-corrected chi connectivity index (χ2v) is 3.99. The lowest BCUT2D eigenvalue weighted by Gasteiger charge is -2.17. The van der Waals surface area contributed by atoms with Gasteiger partial charge in [-0.2, -0.15) is 4.39 Å². The Hall–Kier alpha value is -2.23. The summed E-state index contributed by atoms with van der Waals surface area (Å²) >= 11 is 0. The quantitative estimate of drug-likeness (QED) is 0.777. The summed E-state index contributed by atoms with van der Waals surface area (Å²) in [6.45, 7) is 0.438. The summed E-state index contributed by atoms with van der Waals surface area (Å²) in [5.41, 5.74) is 0.994. The number of hydrogen-bond donors (Lipinski definition) is 0. The van der Waals surface area contributed by atoms with Crippen molar-refractivity contribution in [3.63, 3.8) is 0 Å². The van der Waals surface area contributed by atoms with Crippen LogP contribution in [-0.2, 0) is 6.54 Å². The van der Waals surface area contributed by atoms with Gasteiger partial charge in [-0.05, 0) is 17.7 Å². The van der Waals surface area contributed by atoms with E-state index in [9.17, 15) is 9.18 Å². The SMILES string of the molecule is CN(Cc1ccccc1)C(=O)c1cccnc1F. The van der Waals surface area contributed by atoms with Crippen LogP contribution in [0.4, 0.5) is 4.39 Å². The summed E-state index contributed by atoms with van der Waals surface area (Å²) in [7, 11) is 1.64. The van der Waals surface area contributed by atoms with Gasteiger partial charge in [-0.25, -0.2) is 4.98 Å². The number of aromatic nitrogens is 1. The van der Waals surface area contributed by atoms with Gasteiger partial charge in [0, 0.05) is 19.8 Å². The van der Waals surface area contributed by atoms with Crippen LogP contribution in [0.3, 0.4) is 0 Å². The number of carbonyl (C=O) groups excluding carboxylic acids is 1. The van der Waals surface area contributed by atoms with Crippen molar-refractivity contribution in [3.8, 4) is 0 Å². The molecule has 1 aromatic carbocycles. The largest absolute Gasteiger partial charge is 0.337 e. The first-order valence-electron chi connectivity index (χ1n) is 5.58. The number of pyridine rings is 1. The zero-order chi connectivity index (χ0) is 13.0. The molecule has 1 aromatic heterocycles. The highest BCUT2D eigenvalue weighted by molar-refractivity contribution is 5.93. The standard InChI is InChI=1S/C14H13FN2O/c1-17(10-11-6-3-2-4-7-11)14(18)12-8-5-9-16-13(12)15/h2-9H,10H2,1H3. The van der Waals surface area contributed by atoms with Gasteiger partial charge in [-0.3, -0.25) is 4.79 Å². The monoisotopic (exact) mass is 244 g/mol. The van der Waals surface area contributed by atoms with Gasteiger partial charge in [0.2, 0.25) is 5.95 Å². The summed E-state index contributed by atoms with van der Waals surface area (Å²) in [6, 6.07) is 12.5. The van der Waals surface area contributed by atoms with Crippen molar-refractivity contribution in [2.75, 3.05) is 7.05 Å². The zero-order valence-electron chi connectivity index (χ0n) is 10.0. The van der Waals surface area contributed by atoms with Crippen molar-refractivity contribution in [2.45, 2.75) is 6.54 Å². The molecule has 1 amide bonds. The Balaban J connectivity index is 2.13. The van der Waals surface area contributed by atoms with Gasteiger partial charge in [0.1, 0.15) is 0 Å². The minimum atomic E-state index is -0.734. The average Bonchev–Trinajstić information content (AvgIpc) is 2.39. The van der Waals surface area contributed by atoms with Crippen LogP contribution < -0.4 is 0 Å². The molecule has 3 nitrogen and oxygen atoms in total. The molecule has 2 rings (SSSR count). The Kier molecular flexibility index (Phi) is 3.67. The molecule has 0 saturated carbocycles. The lowest BCUT2D eigenvalue weighted by Crippen LogP contribution is -2.27. The van der Waals surface area contributed by atoms with Gasteiger partial charge >= 0.3 is 0 Å². The molecule has 2 aromatic rings. The molecule has 92 valence electrons. The van der Waals surface area contributed by atoms with Crippen LogP contribution in [0, 0.1) is 5.95 Å². The first-order valence-corrected chi connectivity index (χ1v) is 5.58. The number of hydrogen-bond acceptors (Lipinski definition) is 2. The molecule has 0 bridgehead atoms. The van der Waals surface area contributed by atoms with Gasteiger partial charge in [-0.1, -0.05) is 30.3 Å². The normalized spacial score (nSPS) is 10.1. The molecule has 0 aliphatic carbocycles. The van der Waals surface area contributed by atoms with Crippen molar-refractivity contribution in [2.24, 2.45) is 0 Å². The van der Waals surface area contributed by atoms with Gasteiger partial charge < -0.3 is 4.90 Å². The summed E-state index contributed by atoms with van der Waals surface area (Å²) in [5, 5.41) is 0. The molecule has 4 heteroatoms. The number of halogens is 1. The summed E-state index contributed by atoms with van der Waals surface area (Å²) < 4.78 is 13.4. The molecule has 1 heterocycles. The van der Waals surface area contributed by atoms with Crippen molar-refractivity contribution in [3.05, 3.63) is 65.7 Å². The molecule has 0 saturated heterocycles. The number of rotatable bonds is 3. The van der Waals surface area contributed by atoms with Crippen molar-refractivity contribution in [1.82, 2.24) is 9.88 Å². The Morgan fingerprint density at radius 3 is 2.61 bits per heavy atom. The summed E-state index contributed by atoms with van der Waals surface area (Å²) in [4.78, 5) is 17.0. The molecular formula is C14H13FN2O. The molecule has 0 radical (unpaired) electrons. The third-order valence-electron chi connectivity index (χ3n) is 2.60. The van der Waals surface area contributed by atoms with E-state index in [0.717, 1.165) is 5.56 Å². The third kappa shape index (κ3) is 2.71. The van der Waals surface area contributed by atoms with Gasteiger partial charge in [0.25, 0.3) is 5.91 Å². The Labute approximate surface area is 105 Å². The maximum absolute atomic E-state index is 13.4. The second-order valence-electron chi connectivity index (χ2n) is 3.99. The lowest BCUT2D eigenvalue weighted by atomic mass is 10.2. The van der Waals surface area contributed by atoms with E-state index in [-0.39, 0.29) is 11.5 Å². The lowest BCUT2D eigenvalue weighted by molar-refractivity contribution is 0.0779. The van der Waals surface area contributed by atoms with Crippen LogP contribution >= 0.6 is 0 Å².